The molecule has 0 saturated heterocycles. The second-order valence-corrected chi connectivity index (χ2v) is 4.25. The van der Waals surface area contributed by atoms with E-state index < -0.39 is 0 Å². The van der Waals surface area contributed by atoms with Gasteiger partial charge < -0.3 is 5.21 Å². The summed E-state index contributed by atoms with van der Waals surface area (Å²) in [5, 5.41) is 11.3. The quantitative estimate of drug-likeness (QED) is 0.372. The zero-order chi connectivity index (χ0) is 13.3. The average Bonchev–Trinajstić information content (AvgIpc) is 2.47. The van der Waals surface area contributed by atoms with E-state index >= 15 is 0 Å². The van der Waals surface area contributed by atoms with Crippen molar-refractivity contribution >= 4 is 6.21 Å². The Labute approximate surface area is 112 Å². The summed E-state index contributed by atoms with van der Waals surface area (Å²) in [6.45, 7) is 0. The number of aromatic nitrogens is 3. The van der Waals surface area contributed by atoms with Crippen molar-refractivity contribution in [2.45, 2.75) is 25.7 Å². The number of oxime groups is 1. The first-order valence-electron chi connectivity index (χ1n) is 6.26. The lowest BCUT2D eigenvalue weighted by Crippen LogP contribution is -1.96. The fourth-order valence-electron chi connectivity index (χ4n) is 1.80. The number of rotatable bonds is 6. The maximum Gasteiger partial charge on any atom is 0.103 e. The Morgan fingerprint density at radius 1 is 1.11 bits per heavy atom. The van der Waals surface area contributed by atoms with Crippen molar-refractivity contribution in [3.05, 3.63) is 53.9 Å². The molecule has 19 heavy (non-hydrogen) atoms. The third-order valence-electron chi connectivity index (χ3n) is 2.79. The maximum atomic E-state index is 8.37. The molecular formula is C14H16N4O. The van der Waals surface area contributed by atoms with E-state index in [1.807, 2.05) is 12.3 Å². The van der Waals surface area contributed by atoms with Crippen molar-refractivity contribution in [2.24, 2.45) is 5.16 Å². The van der Waals surface area contributed by atoms with Crippen LogP contribution in [-0.4, -0.2) is 26.4 Å². The number of hydrogen-bond acceptors (Lipinski definition) is 5. The van der Waals surface area contributed by atoms with Crippen LogP contribution in [-0.2, 0) is 12.8 Å². The first-order valence-corrected chi connectivity index (χ1v) is 6.26. The van der Waals surface area contributed by atoms with Crippen LogP contribution in [0.15, 0.2) is 42.1 Å². The first-order chi connectivity index (χ1) is 9.38. The zero-order valence-electron chi connectivity index (χ0n) is 10.6. The molecule has 0 radical (unpaired) electrons. The third-order valence-corrected chi connectivity index (χ3v) is 2.79. The molecule has 0 aliphatic carbocycles. The minimum Gasteiger partial charge on any atom is -0.411 e. The van der Waals surface area contributed by atoms with E-state index in [0.717, 1.165) is 31.4 Å². The molecule has 98 valence electrons. The van der Waals surface area contributed by atoms with Gasteiger partial charge >= 0.3 is 0 Å². The molecule has 2 rings (SSSR count). The van der Waals surface area contributed by atoms with Gasteiger partial charge in [0, 0.05) is 18.6 Å². The predicted octanol–water partition coefficient (Wildman–Crippen LogP) is 2.25. The highest BCUT2D eigenvalue weighted by Crippen LogP contribution is 2.06. The van der Waals surface area contributed by atoms with Crippen molar-refractivity contribution < 1.29 is 5.21 Å². The molecule has 5 nitrogen and oxygen atoms in total. The van der Waals surface area contributed by atoms with Gasteiger partial charge in [-0.2, -0.15) is 0 Å². The van der Waals surface area contributed by atoms with E-state index in [4.69, 9.17) is 5.21 Å². The van der Waals surface area contributed by atoms with Gasteiger partial charge in [0.1, 0.15) is 5.69 Å². The monoisotopic (exact) mass is 256 g/mol. The van der Waals surface area contributed by atoms with Crippen LogP contribution >= 0.6 is 0 Å². The van der Waals surface area contributed by atoms with Crippen LogP contribution in [0.2, 0.25) is 0 Å². The summed E-state index contributed by atoms with van der Waals surface area (Å²) in [5.41, 5.74) is 2.78. The van der Waals surface area contributed by atoms with E-state index in [9.17, 15) is 0 Å². The molecule has 2 aromatic heterocycles. The number of hydrogen-bond donors (Lipinski definition) is 1. The Balaban J connectivity index is 1.73. The van der Waals surface area contributed by atoms with E-state index in [1.165, 1.54) is 11.8 Å². The van der Waals surface area contributed by atoms with Gasteiger partial charge in [0.15, 0.2) is 0 Å². The maximum absolute atomic E-state index is 8.37. The van der Waals surface area contributed by atoms with Crippen molar-refractivity contribution in [1.29, 1.82) is 0 Å². The lowest BCUT2D eigenvalue weighted by molar-refractivity contribution is 0.321. The Hall–Kier alpha value is -2.30. The molecule has 0 unspecified atom stereocenters. The van der Waals surface area contributed by atoms with Gasteiger partial charge in [-0.1, -0.05) is 11.2 Å². The molecule has 0 aliphatic heterocycles. The van der Waals surface area contributed by atoms with Crippen molar-refractivity contribution in [1.82, 2.24) is 15.0 Å². The number of nitrogens with zero attached hydrogens (tertiary/aromatic N) is 4. The first kappa shape index (κ1) is 13.1. The highest BCUT2D eigenvalue weighted by molar-refractivity contribution is 5.75. The smallest absolute Gasteiger partial charge is 0.103 e. The normalized spacial score (nSPS) is 10.9. The van der Waals surface area contributed by atoms with Crippen LogP contribution in [0.3, 0.4) is 0 Å². The molecule has 0 bridgehead atoms. The standard InChI is InChI=1S/C14H16N4O/c19-18-11-14-10-16-13(9-17-14)6-2-1-4-12-5-3-7-15-8-12/h3,5,7-11,19H,1-2,4,6H2/b18-11+. The molecule has 0 atom stereocenters. The Kier molecular flexibility index (Phi) is 4.98. The number of pyridine rings is 1. The van der Waals surface area contributed by atoms with Gasteiger partial charge in [-0.25, -0.2) is 0 Å². The van der Waals surface area contributed by atoms with Gasteiger partial charge in [0.25, 0.3) is 0 Å². The van der Waals surface area contributed by atoms with Gasteiger partial charge in [0.2, 0.25) is 0 Å². The molecule has 0 amide bonds. The summed E-state index contributed by atoms with van der Waals surface area (Å²) in [6, 6.07) is 4.05. The SMILES string of the molecule is O/N=C/c1cnc(CCCCc2cccnc2)cn1. The van der Waals surface area contributed by atoms with E-state index in [-0.39, 0.29) is 0 Å². The zero-order valence-corrected chi connectivity index (χ0v) is 10.6. The third kappa shape index (κ3) is 4.46. The lowest BCUT2D eigenvalue weighted by Gasteiger charge is -2.01. The van der Waals surface area contributed by atoms with Crippen LogP contribution in [0, 0.1) is 0 Å². The molecule has 5 heteroatoms. The average molecular weight is 256 g/mol. The van der Waals surface area contributed by atoms with Crippen LogP contribution in [0.5, 0.6) is 0 Å². The number of aryl methyl sites for hydroxylation is 2. The van der Waals surface area contributed by atoms with Crippen LogP contribution < -0.4 is 0 Å². The largest absolute Gasteiger partial charge is 0.411 e. The summed E-state index contributed by atoms with van der Waals surface area (Å²) >= 11 is 0. The lowest BCUT2D eigenvalue weighted by atomic mass is 10.1. The molecule has 0 saturated carbocycles. The van der Waals surface area contributed by atoms with Crippen LogP contribution in [0.1, 0.15) is 29.8 Å². The predicted molar refractivity (Wildman–Crippen MR) is 72.3 cm³/mol. The van der Waals surface area contributed by atoms with Crippen LogP contribution in [0.25, 0.3) is 0 Å². The summed E-state index contributed by atoms with van der Waals surface area (Å²) in [5.74, 6) is 0. The molecule has 0 fully saturated rings. The summed E-state index contributed by atoms with van der Waals surface area (Å²) in [6.07, 6.45) is 12.4. The molecule has 0 aliphatic rings. The van der Waals surface area contributed by atoms with E-state index in [2.05, 4.69) is 26.2 Å². The van der Waals surface area contributed by atoms with Crippen molar-refractivity contribution in [3.8, 4) is 0 Å². The summed E-state index contributed by atoms with van der Waals surface area (Å²) < 4.78 is 0. The fraction of sp³-hybridized carbons (Fsp3) is 0.286. The Morgan fingerprint density at radius 3 is 2.68 bits per heavy atom. The second-order valence-electron chi connectivity index (χ2n) is 4.25. The molecule has 1 N–H and O–H groups in total. The minimum absolute atomic E-state index is 0.557. The highest BCUT2D eigenvalue weighted by atomic mass is 16.4. The van der Waals surface area contributed by atoms with Gasteiger partial charge in [-0.05, 0) is 37.3 Å². The minimum atomic E-state index is 0.557. The van der Waals surface area contributed by atoms with Gasteiger partial charge in [0.05, 0.1) is 18.1 Å². The highest BCUT2D eigenvalue weighted by Gasteiger charge is 1.98. The van der Waals surface area contributed by atoms with E-state index in [0.29, 0.717) is 5.69 Å². The van der Waals surface area contributed by atoms with Crippen LogP contribution in [0.4, 0.5) is 0 Å². The fourth-order valence-corrected chi connectivity index (χ4v) is 1.80. The van der Waals surface area contributed by atoms with Crippen molar-refractivity contribution in [2.75, 3.05) is 0 Å². The molecule has 0 aromatic carbocycles. The van der Waals surface area contributed by atoms with Gasteiger partial charge in [-0.3, -0.25) is 15.0 Å². The molecule has 0 spiro atoms. The summed E-state index contributed by atoms with van der Waals surface area (Å²) in [7, 11) is 0. The van der Waals surface area contributed by atoms with Gasteiger partial charge in [-0.15, -0.1) is 0 Å². The van der Waals surface area contributed by atoms with Crippen molar-refractivity contribution in [3.63, 3.8) is 0 Å². The topological polar surface area (TPSA) is 71.3 Å². The molecule has 2 heterocycles. The molecule has 2 aromatic rings. The van der Waals surface area contributed by atoms with E-state index in [1.54, 1.807) is 18.6 Å². The Bertz CT molecular complexity index is 511. The number of unbranched alkanes of at least 4 members (excludes halogenated alkanes) is 1. The second kappa shape index (κ2) is 7.20. The summed E-state index contributed by atoms with van der Waals surface area (Å²) in [4.78, 5) is 12.5. The molecular weight excluding hydrogens is 240 g/mol. The Morgan fingerprint density at radius 2 is 2.00 bits per heavy atom.